The van der Waals surface area contributed by atoms with Crippen LogP contribution >= 0.6 is 0 Å². The van der Waals surface area contributed by atoms with Gasteiger partial charge in [-0.2, -0.15) is 6.42 Å². The average molecular weight is 276 g/mol. The zero-order valence-corrected chi connectivity index (χ0v) is 11.8. The standard InChI is InChI=1S/C8H13.C8H12.Co/c2*1-2-4-6-8-7-5-3-1;/h1H,2,4-8H2;1-4H,5-8H2;/q-1;;. The van der Waals surface area contributed by atoms with E-state index in [9.17, 15) is 0 Å². The Morgan fingerprint density at radius 3 is 1.94 bits per heavy atom. The minimum absolute atomic E-state index is 0. The van der Waals surface area contributed by atoms with Gasteiger partial charge in [0.1, 0.15) is 0 Å². The first-order valence-corrected chi connectivity index (χ1v) is 6.87. The van der Waals surface area contributed by atoms with Crippen molar-refractivity contribution in [3.8, 4) is 0 Å². The second kappa shape index (κ2) is 13.8. The normalized spacial score (nSPS) is 19.8. The van der Waals surface area contributed by atoms with Crippen LogP contribution in [-0.4, -0.2) is 0 Å². The van der Waals surface area contributed by atoms with Gasteiger partial charge in [-0.15, -0.1) is 0 Å². The Balaban J connectivity index is 0.000000284. The molecule has 0 aromatic rings. The molecule has 0 bridgehead atoms. The van der Waals surface area contributed by atoms with Crippen LogP contribution in [0.5, 0.6) is 0 Å². The summed E-state index contributed by atoms with van der Waals surface area (Å²) in [6, 6.07) is 0. The summed E-state index contributed by atoms with van der Waals surface area (Å²) in [5.74, 6) is 0. The van der Waals surface area contributed by atoms with Crippen molar-refractivity contribution in [3.63, 3.8) is 0 Å². The third-order valence-corrected chi connectivity index (χ3v) is 2.94. The van der Waals surface area contributed by atoms with Crippen molar-refractivity contribution in [3.05, 3.63) is 36.5 Å². The molecule has 1 radical (unpaired) electrons. The van der Waals surface area contributed by atoms with Gasteiger partial charge in [-0.05, 0) is 25.7 Å². The predicted octanol–water partition coefficient (Wildman–Crippen LogP) is 5.37. The van der Waals surface area contributed by atoms with E-state index >= 15 is 0 Å². The summed E-state index contributed by atoms with van der Waals surface area (Å²) in [6.07, 6.45) is 27.5. The molecule has 0 fully saturated rings. The van der Waals surface area contributed by atoms with Crippen LogP contribution in [0.25, 0.3) is 0 Å². The molecule has 0 nitrogen and oxygen atoms in total. The predicted molar refractivity (Wildman–Crippen MR) is 72.3 cm³/mol. The second-order valence-corrected chi connectivity index (χ2v) is 4.50. The smallest absolute Gasteiger partial charge is 0 e. The number of rotatable bonds is 0. The Morgan fingerprint density at radius 1 is 0.647 bits per heavy atom. The number of hydrogen-bond acceptors (Lipinski definition) is 0. The zero-order valence-electron chi connectivity index (χ0n) is 10.8. The second-order valence-electron chi connectivity index (χ2n) is 4.50. The Labute approximate surface area is 117 Å². The minimum Gasteiger partial charge on any atom is -0.501 e. The molecule has 0 heterocycles. The molecule has 0 aromatic heterocycles. The first-order valence-electron chi connectivity index (χ1n) is 6.87. The van der Waals surface area contributed by atoms with Crippen molar-refractivity contribution in [2.45, 2.75) is 64.2 Å². The van der Waals surface area contributed by atoms with E-state index in [-0.39, 0.29) is 16.8 Å². The summed E-state index contributed by atoms with van der Waals surface area (Å²) in [7, 11) is 0. The SMILES string of the molecule is C1=CCCCCC=C1.[C-]1=CCCCCCC1.[Co]. The maximum Gasteiger partial charge on any atom is 0 e. The molecule has 2 rings (SSSR count). The third-order valence-electron chi connectivity index (χ3n) is 2.94. The molecular formula is C16H25Co-. The largest absolute Gasteiger partial charge is 0.501 e. The van der Waals surface area contributed by atoms with Gasteiger partial charge in [0.2, 0.25) is 0 Å². The third kappa shape index (κ3) is 12.0. The molecule has 2 aliphatic rings. The van der Waals surface area contributed by atoms with Crippen LogP contribution < -0.4 is 0 Å². The maximum absolute atomic E-state index is 3.26. The summed E-state index contributed by atoms with van der Waals surface area (Å²) in [4.78, 5) is 0. The molecule has 0 aliphatic heterocycles. The van der Waals surface area contributed by atoms with Crippen molar-refractivity contribution in [2.75, 3.05) is 0 Å². The fraction of sp³-hybridized carbons (Fsp3) is 0.625. The molecular weight excluding hydrogens is 251 g/mol. The van der Waals surface area contributed by atoms with Crippen molar-refractivity contribution in [2.24, 2.45) is 0 Å². The van der Waals surface area contributed by atoms with Crippen LogP contribution in [0.2, 0.25) is 0 Å². The van der Waals surface area contributed by atoms with Gasteiger partial charge in [0, 0.05) is 16.8 Å². The van der Waals surface area contributed by atoms with Crippen molar-refractivity contribution >= 4 is 0 Å². The minimum atomic E-state index is 0. The van der Waals surface area contributed by atoms with E-state index in [0.717, 1.165) is 0 Å². The molecule has 0 unspecified atom stereocenters. The van der Waals surface area contributed by atoms with E-state index in [2.05, 4.69) is 36.5 Å². The summed E-state index contributed by atoms with van der Waals surface area (Å²) < 4.78 is 0. The van der Waals surface area contributed by atoms with Gasteiger partial charge in [-0.25, -0.2) is 0 Å². The molecule has 0 aromatic carbocycles. The molecule has 2 aliphatic carbocycles. The van der Waals surface area contributed by atoms with Crippen LogP contribution in [0.15, 0.2) is 30.4 Å². The monoisotopic (exact) mass is 276 g/mol. The van der Waals surface area contributed by atoms with Gasteiger partial charge in [-0.3, -0.25) is 6.08 Å². The fourth-order valence-corrected chi connectivity index (χ4v) is 1.91. The van der Waals surface area contributed by atoms with Crippen molar-refractivity contribution < 1.29 is 16.8 Å². The van der Waals surface area contributed by atoms with Crippen LogP contribution in [0.3, 0.4) is 0 Å². The molecule has 0 saturated carbocycles. The first-order chi connectivity index (χ1) is 8.00. The number of allylic oxidation sites excluding steroid dienone is 6. The first kappa shape index (κ1) is 16.7. The van der Waals surface area contributed by atoms with Crippen LogP contribution in [0.4, 0.5) is 0 Å². The Bertz CT molecular complexity index is 202. The van der Waals surface area contributed by atoms with E-state index in [1.165, 1.54) is 64.2 Å². The van der Waals surface area contributed by atoms with Gasteiger partial charge >= 0.3 is 0 Å². The Hall–Kier alpha value is -0.274. The van der Waals surface area contributed by atoms with E-state index in [4.69, 9.17) is 0 Å². The van der Waals surface area contributed by atoms with Crippen LogP contribution in [0, 0.1) is 6.08 Å². The van der Waals surface area contributed by atoms with E-state index in [0.29, 0.717) is 0 Å². The number of hydrogen-bond donors (Lipinski definition) is 0. The zero-order chi connectivity index (χ0) is 11.3. The van der Waals surface area contributed by atoms with Crippen LogP contribution in [0.1, 0.15) is 64.2 Å². The molecule has 0 amide bonds. The molecule has 17 heavy (non-hydrogen) atoms. The topological polar surface area (TPSA) is 0 Å². The fourth-order valence-electron chi connectivity index (χ4n) is 1.91. The summed E-state index contributed by atoms with van der Waals surface area (Å²) >= 11 is 0. The van der Waals surface area contributed by atoms with Gasteiger partial charge < -0.3 is 6.08 Å². The van der Waals surface area contributed by atoms with Gasteiger partial charge in [0.05, 0.1) is 0 Å². The average Bonchev–Trinajstić information content (AvgIpc) is 2.15. The van der Waals surface area contributed by atoms with Gasteiger partial charge in [0.25, 0.3) is 0 Å². The Morgan fingerprint density at radius 2 is 1.24 bits per heavy atom. The molecule has 0 atom stereocenters. The van der Waals surface area contributed by atoms with E-state index in [1.54, 1.807) is 0 Å². The maximum atomic E-state index is 3.26. The molecule has 0 saturated heterocycles. The molecule has 1 heteroatoms. The van der Waals surface area contributed by atoms with E-state index < -0.39 is 0 Å². The van der Waals surface area contributed by atoms with E-state index in [1.807, 2.05) is 0 Å². The summed E-state index contributed by atoms with van der Waals surface area (Å²) in [5, 5.41) is 0. The van der Waals surface area contributed by atoms with Gasteiger partial charge in [-0.1, -0.05) is 56.4 Å². The summed E-state index contributed by atoms with van der Waals surface area (Å²) in [5.41, 5.74) is 0. The van der Waals surface area contributed by atoms with Crippen molar-refractivity contribution in [1.29, 1.82) is 0 Å². The van der Waals surface area contributed by atoms with Gasteiger partial charge in [0.15, 0.2) is 0 Å². The molecule has 0 N–H and O–H groups in total. The quantitative estimate of drug-likeness (QED) is 0.522. The van der Waals surface area contributed by atoms with Crippen LogP contribution in [-0.2, 0) is 16.8 Å². The summed E-state index contributed by atoms with van der Waals surface area (Å²) in [6.45, 7) is 0. The molecule has 0 spiro atoms. The van der Waals surface area contributed by atoms with Crippen molar-refractivity contribution in [1.82, 2.24) is 0 Å². The molecule has 99 valence electrons. The Kier molecular flexibility index (Phi) is 13.6.